The van der Waals surface area contributed by atoms with Crippen molar-refractivity contribution in [2.24, 2.45) is 0 Å². The van der Waals surface area contributed by atoms with E-state index in [0.29, 0.717) is 25.4 Å². The number of ketones is 1. The van der Waals surface area contributed by atoms with Crippen LogP contribution in [0.5, 0.6) is 0 Å². The molecule has 0 aromatic rings. The fourth-order valence-electron chi connectivity index (χ4n) is 1.78. The average molecular weight is 228 g/mol. The lowest BCUT2D eigenvalue weighted by Gasteiger charge is -2.37. The summed E-state index contributed by atoms with van der Waals surface area (Å²) < 4.78 is 10.5. The molecular weight excluding hydrogens is 208 g/mol. The predicted molar refractivity (Wildman–Crippen MR) is 59.8 cm³/mol. The molecule has 1 unspecified atom stereocenters. The van der Waals surface area contributed by atoms with Gasteiger partial charge in [0.1, 0.15) is 0 Å². The van der Waals surface area contributed by atoms with Crippen LogP contribution in [0.1, 0.15) is 40.0 Å². The molecule has 0 saturated heterocycles. The monoisotopic (exact) mass is 228 g/mol. The van der Waals surface area contributed by atoms with E-state index >= 15 is 0 Å². The van der Waals surface area contributed by atoms with E-state index in [9.17, 15) is 9.90 Å². The summed E-state index contributed by atoms with van der Waals surface area (Å²) in [6.07, 6.45) is 2.13. The van der Waals surface area contributed by atoms with E-state index in [4.69, 9.17) is 9.47 Å². The van der Waals surface area contributed by atoms with Gasteiger partial charge in [0.05, 0.1) is 13.2 Å². The van der Waals surface area contributed by atoms with Crippen molar-refractivity contribution in [2.45, 2.75) is 45.6 Å². The maximum atomic E-state index is 11.8. The Kier molecular flexibility index (Phi) is 4.35. The molecule has 0 fully saturated rings. The molecule has 0 radical (unpaired) electrons. The van der Waals surface area contributed by atoms with Crippen molar-refractivity contribution >= 4 is 5.78 Å². The molecule has 0 aromatic heterocycles. The van der Waals surface area contributed by atoms with Crippen LogP contribution in [-0.4, -0.2) is 29.7 Å². The van der Waals surface area contributed by atoms with Crippen molar-refractivity contribution in [3.05, 3.63) is 11.5 Å². The van der Waals surface area contributed by atoms with Crippen LogP contribution in [-0.2, 0) is 14.3 Å². The molecular formula is C12H20O4. The maximum Gasteiger partial charge on any atom is 0.240 e. The second-order valence-corrected chi connectivity index (χ2v) is 3.82. The summed E-state index contributed by atoms with van der Waals surface area (Å²) in [5, 5.41) is 10.2. The minimum absolute atomic E-state index is 0.197. The van der Waals surface area contributed by atoms with Crippen LogP contribution >= 0.6 is 0 Å². The molecule has 4 nitrogen and oxygen atoms in total. The highest BCUT2D eigenvalue weighted by Crippen LogP contribution is 2.40. The fourth-order valence-corrected chi connectivity index (χ4v) is 1.78. The lowest BCUT2D eigenvalue weighted by atomic mass is 9.79. The molecule has 92 valence electrons. The number of unbranched alkanes of at least 4 members (excludes halogenated alkanes) is 1. The van der Waals surface area contributed by atoms with Gasteiger partial charge in [-0.1, -0.05) is 13.3 Å². The largest absolute Gasteiger partial charge is 0.491 e. The first-order chi connectivity index (χ1) is 7.61. The van der Waals surface area contributed by atoms with E-state index in [1.54, 1.807) is 6.92 Å². The molecule has 1 rings (SSSR count). The van der Waals surface area contributed by atoms with Gasteiger partial charge in [0.15, 0.2) is 11.4 Å². The zero-order valence-electron chi connectivity index (χ0n) is 10.2. The minimum Gasteiger partial charge on any atom is -0.491 e. The summed E-state index contributed by atoms with van der Waals surface area (Å²) >= 11 is 0. The van der Waals surface area contributed by atoms with Crippen LogP contribution < -0.4 is 0 Å². The van der Waals surface area contributed by atoms with Gasteiger partial charge in [-0.15, -0.1) is 0 Å². The SMILES string of the molecule is CCCCC1(O)C(=O)C(OCC)=C1OCC. The summed E-state index contributed by atoms with van der Waals surface area (Å²) in [4.78, 5) is 11.8. The minimum atomic E-state index is -1.43. The summed E-state index contributed by atoms with van der Waals surface area (Å²) in [5.41, 5.74) is -1.43. The van der Waals surface area contributed by atoms with Crippen molar-refractivity contribution in [3.63, 3.8) is 0 Å². The van der Waals surface area contributed by atoms with E-state index in [-0.39, 0.29) is 11.5 Å². The number of carbonyl (C=O) groups is 1. The molecule has 0 bridgehead atoms. The molecule has 0 heterocycles. The van der Waals surface area contributed by atoms with Crippen molar-refractivity contribution in [1.29, 1.82) is 0 Å². The number of Topliss-reactive ketones (excluding diaryl/α,β-unsaturated/α-hetero) is 1. The second kappa shape index (κ2) is 5.34. The van der Waals surface area contributed by atoms with Gasteiger partial charge in [0, 0.05) is 0 Å². The summed E-state index contributed by atoms with van der Waals surface area (Å²) in [5.74, 6) is 0.171. The molecule has 1 atom stereocenters. The van der Waals surface area contributed by atoms with Gasteiger partial charge in [-0.2, -0.15) is 0 Å². The Morgan fingerprint density at radius 3 is 2.31 bits per heavy atom. The van der Waals surface area contributed by atoms with Crippen molar-refractivity contribution in [2.75, 3.05) is 13.2 Å². The zero-order valence-corrected chi connectivity index (χ0v) is 10.2. The van der Waals surface area contributed by atoms with Crippen LogP contribution in [0.2, 0.25) is 0 Å². The molecule has 16 heavy (non-hydrogen) atoms. The molecule has 0 aliphatic heterocycles. The van der Waals surface area contributed by atoms with Gasteiger partial charge in [0.25, 0.3) is 0 Å². The second-order valence-electron chi connectivity index (χ2n) is 3.82. The van der Waals surface area contributed by atoms with E-state index < -0.39 is 5.60 Å². The van der Waals surface area contributed by atoms with Gasteiger partial charge >= 0.3 is 0 Å². The van der Waals surface area contributed by atoms with E-state index in [1.807, 2.05) is 13.8 Å². The summed E-state index contributed by atoms with van der Waals surface area (Å²) in [6, 6.07) is 0. The Morgan fingerprint density at radius 2 is 1.81 bits per heavy atom. The fraction of sp³-hybridized carbons (Fsp3) is 0.750. The highest BCUT2D eigenvalue weighted by atomic mass is 16.5. The molecule has 0 spiro atoms. The van der Waals surface area contributed by atoms with Crippen LogP contribution in [0.4, 0.5) is 0 Å². The first-order valence-corrected chi connectivity index (χ1v) is 5.89. The third-order valence-electron chi connectivity index (χ3n) is 2.63. The average Bonchev–Trinajstić information content (AvgIpc) is 2.30. The Bertz CT molecular complexity index is 295. The molecule has 0 aromatic carbocycles. The smallest absolute Gasteiger partial charge is 0.240 e. The first-order valence-electron chi connectivity index (χ1n) is 5.89. The number of hydrogen-bond acceptors (Lipinski definition) is 4. The van der Waals surface area contributed by atoms with Crippen LogP contribution in [0.15, 0.2) is 11.5 Å². The number of hydrogen-bond donors (Lipinski definition) is 1. The normalized spacial score (nSPS) is 24.4. The number of rotatable bonds is 7. The predicted octanol–water partition coefficient (Wildman–Crippen LogP) is 1.77. The van der Waals surface area contributed by atoms with Crippen LogP contribution in [0.25, 0.3) is 0 Å². The van der Waals surface area contributed by atoms with Gasteiger partial charge < -0.3 is 14.6 Å². The molecule has 0 saturated carbocycles. The number of ether oxygens (including phenoxy) is 2. The van der Waals surface area contributed by atoms with Crippen LogP contribution in [0, 0.1) is 0 Å². The summed E-state index contributed by atoms with van der Waals surface area (Å²) in [6.45, 7) is 6.46. The van der Waals surface area contributed by atoms with Gasteiger partial charge in [-0.3, -0.25) is 4.79 Å². The number of carbonyl (C=O) groups excluding carboxylic acids is 1. The molecule has 1 aliphatic carbocycles. The molecule has 1 N–H and O–H groups in total. The van der Waals surface area contributed by atoms with Gasteiger partial charge in [0.2, 0.25) is 11.5 Å². The maximum absolute atomic E-state index is 11.8. The van der Waals surface area contributed by atoms with Crippen molar-refractivity contribution in [3.8, 4) is 0 Å². The Balaban J connectivity index is 2.83. The third-order valence-corrected chi connectivity index (χ3v) is 2.63. The topological polar surface area (TPSA) is 55.8 Å². The lowest BCUT2D eigenvalue weighted by Crippen LogP contribution is -2.52. The highest BCUT2D eigenvalue weighted by Gasteiger charge is 2.55. The van der Waals surface area contributed by atoms with E-state index in [0.717, 1.165) is 12.8 Å². The Labute approximate surface area is 96.2 Å². The van der Waals surface area contributed by atoms with Crippen molar-refractivity contribution < 1.29 is 19.4 Å². The molecule has 4 heteroatoms. The van der Waals surface area contributed by atoms with Crippen LogP contribution in [0.3, 0.4) is 0 Å². The zero-order chi connectivity index (χ0) is 12.2. The quantitative estimate of drug-likeness (QED) is 0.721. The highest BCUT2D eigenvalue weighted by molar-refractivity contribution is 6.10. The number of aliphatic hydroxyl groups is 1. The Hall–Kier alpha value is -1.03. The van der Waals surface area contributed by atoms with E-state index in [1.165, 1.54) is 0 Å². The summed E-state index contributed by atoms with van der Waals surface area (Å²) in [7, 11) is 0. The third kappa shape index (κ3) is 2.07. The molecule has 0 amide bonds. The standard InChI is InChI=1S/C12H20O4/c1-4-7-8-12(14)10(13)9(15-5-2)11(12)16-6-3/h14H,4-8H2,1-3H3. The van der Waals surface area contributed by atoms with Crippen molar-refractivity contribution in [1.82, 2.24) is 0 Å². The first kappa shape index (κ1) is 13.0. The molecule has 1 aliphatic rings. The van der Waals surface area contributed by atoms with Gasteiger partial charge in [-0.05, 0) is 26.7 Å². The Morgan fingerprint density at radius 1 is 1.19 bits per heavy atom. The van der Waals surface area contributed by atoms with E-state index in [2.05, 4.69) is 0 Å². The lowest BCUT2D eigenvalue weighted by molar-refractivity contribution is -0.148. The van der Waals surface area contributed by atoms with Gasteiger partial charge in [-0.25, -0.2) is 0 Å².